The van der Waals surface area contributed by atoms with E-state index in [9.17, 15) is 18.8 Å². The molecule has 3 N–H and O–H groups in total. The number of carbonyl (C=O) groups is 1. The molecule has 11 heteroatoms. The van der Waals surface area contributed by atoms with Gasteiger partial charge in [0.05, 0.1) is 24.6 Å². The Labute approximate surface area is 204 Å². The van der Waals surface area contributed by atoms with Crippen molar-refractivity contribution in [3.63, 3.8) is 0 Å². The summed E-state index contributed by atoms with van der Waals surface area (Å²) < 4.78 is 39.0. The number of nitrogens with one attached hydrogen (secondary N) is 3. The number of aromatic nitrogens is 2. The topological polar surface area (TPSA) is 121 Å². The summed E-state index contributed by atoms with van der Waals surface area (Å²) in [5, 5.41) is 18.0. The van der Waals surface area contributed by atoms with Crippen molar-refractivity contribution in [2.24, 2.45) is 5.92 Å². The number of anilines is 3. The van der Waals surface area contributed by atoms with Crippen LogP contribution in [0.2, 0.25) is 0 Å². The van der Waals surface area contributed by atoms with E-state index in [1.54, 1.807) is 27.7 Å². The summed E-state index contributed by atoms with van der Waals surface area (Å²) in [5.74, 6) is -1.55. The Bertz CT molecular complexity index is 1080. The maximum atomic E-state index is 14.9. The van der Waals surface area contributed by atoms with Gasteiger partial charge in [-0.2, -0.15) is 5.26 Å². The van der Waals surface area contributed by atoms with Crippen LogP contribution in [0, 0.1) is 28.9 Å². The van der Waals surface area contributed by atoms with E-state index in [0.29, 0.717) is 6.42 Å². The van der Waals surface area contributed by atoms with Gasteiger partial charge >= 0.3 is 6.09 Å². The van der Waals surface area contributed by atoms with E-state index < -0.39 is 35.4 Å². The van der Waals surface area contributed by atoms with Gasteiger partial charge in [-0.15, -0.1) is 0 Å². The number of alkyl carbamates (subject to hydrolysis) is 1. The monoisotopic (exact) mass is 490 g/mol. The molecule has 2 rings (SSSR count). The number of ether oxygens (including phenoxy) is 2. The molecule has 0 radical (unpaired) electrons. The molecule has 0 aromatic carbocycles. The van der Waals surface area contributed by atoms with Crippen LogP contribution in [-0.4, -0.2) is 40.9 Å². The molecule has 190 valence electrons. The summed E-state index contributed by atoms with van der Waals surface area (Å²) in [7, 11) is 1.29. The number of rotatable bonds is 9. The van der Waals surface area contributed by atoms with E-state index >= 15 is 0 Å². The highest BCUT2D eigenvalue weighted by molar-refractivity contribution is 5.68. The molecule has 35 heavy (non-hydrogen) atoms. The molecular weight excluding hydrogens is 458 g/mol. The second-order valence-corrected chi connectivity index (χ2v) is 9.48. The van der Waals surface area contributed by atoms with E-state index in [1.165, 1.54) is 13.3 Å². The Hall–Kier alpha value is -3.68. The van der Waals surface area contributed by atoms with Crippen LogP contribution in [0.25, 0.3) is 0 Å². The molecule has 0 aliphatic heterocycles. The van der Waals surface area contributed by atoms with Crippen molar-refractivity contribution in [1.82, 2.24) is 15.3 Å². The molecule has 0 fully saturated rings. The molecular formula is C24H32F2N6O3. The Morgan fingerprint density at radius 3 is 2.40 bits per heavy atom. The Morgan fingerprint density at radius 2 is 1.86 bits per heavy atom. The van der Waals surface area contributed by atoms with E-state index in [0.717, 1.165) is 12.1 Å². The predicted molar refractivity (Wildman–Crippen MR) is 129 cm³/mol. The number of hydrogen-bond donors (Lipinski definition) is 3. The quantitative estimate of drug-likeness (QED) is 0.443. The summed E-state index contributed by atoms with van der Waals surface area (Å²) in [4.78, 5) is 20.3. The van der Waals surface area contributed by atoms with Crippen LogP contribution in [0.3, 0.4) is 0 Å². The van der Waals surface area contributed by atoms with E-state index in [2.05, 4.69) is 25.9 Å². The number of carbonyl (C=O) groups excluding carboxylic acids is 1. The molecule has 0 saturated heterocycles. The first-order valence-corrected chi connectivity index (χ1v) is 11.2. The van der Waals surface area contributed by atoms with Crippen molar-refractivity contribution in [2.75, 3.05) is 17.7 Å². The molecule has 0 bridgehead atoms. The third-order valence-corrected chi connectivity index (χ3v) is 4.76. The van der Waals surface area contributed by atoms with Gasteiger partial charge in [-0.1, -0.05) is 13.8 Å². The van der Waals surface area contributed by atoms with Gasteiger partial charge in [-0.25, -0.2) is 23.5 Å². The fraction of sp³-hybridized carbons (Fsp3) is 0.500. The first-order valence-electron chi connectivity index (χ1n) is 11.2. The van der Waals surface area contributed by atoms with Gasteiger partial charge < -0.3 is 25.4 Å². The summed E-state index contributed by atoms with van der Waals surface area (Å²) in [6.45, 7) is 11.0. The maximum absolute atomic E-state index is 14.9. The molecule has 2 heterocycles. The van der Waals surface area contributed by atoms with Gasteiger partial charge in [0.1, 0.15) is 11.7 Å². The molecule has 2 atom stereocenters. The molecule has 1 amide bonds. The van der Waals surface area contributed by atoms with Crippen LogP contribution in [0.1, 0.15) is 53.5 Å². The molecule has 0 aliphatic rings. The van der Waals surface area contributed by atoms with Gasteiger partial charge in [0, 0.05) is 18.2 Å². The molecule has 0 saturated carbocycles. The lowest BCUT2D eigenvalue weighted by Gasteiger charge is -2.29. The summed E-state index contributed by atoms with van der Waals surface area (Å²) in [6, 6.07) is 3.17. The predicted octanol–water partition coefficient (Wildman–Crippen LogP) is 5.12. The Kier molecular flexibility index (Phi) is 9.17. The van der Waals surface area contributed by atoms with Gasteiger partial charge in [-0.3, -0.25) is 0 Å². The van der Waals surface area contributed by atoms with E-state index in [1.807, 2.05) is 19.9 Å². The van der Waals surface area contributed by atoms with Gasteiger partial charge in [0.2, 0.25) is 5.88 Å². The van der Waals surface area contributed by atoms with Crippen molar-refractivity contribution in [3.05, 3.63) is 35.5 Å². The number of nitrogens with zero attached hydrogens (tertiary/aromatic N) is 3. The standard InChI is InChI=1S/C24H32F2N6O3/c1-13(2)8-19(14(3)29-23(33)35-24(4,5)6)31-21-17(25)9-15(11-27)20(32-21)30-16-10-18(26)22(34-7)28-12-16/h9-10,12-14,19H,8H2,1-7H3,(H,29,33)(H2,30,31,32)/t14-,19+/m0/s1. The minimum atomic E-state index is -0.746. The number of nitriles is 1. The van der Waals surface area contributed by atoms with E-state index in [-0.39, 0.29) is 34.7 Å². The smallest absolute Gasteiger partial charge is 0.407 e. The number of amides is 1. The van der Waals surface area contributed by atoms with Crippen LogP contribution in [-0.2, 0) is 4.74 Å². The number of pyridine rings is 2. The van der Waals surface area contributed by atoms with Crippen LogP contribution < -0.4 is 20.7 Å². The normalized spacial score (nSPS) is 12.9. The Balaban J connectivity index is 2.31. The fourth-order valence-electron chi connectivity index (χ4n) is 3.22. The second-order valence-electron chi connectivity index (χ2n) is 9.48. The molecule has 0 unspecified atom stereocenters. The van der Waals surface area contributed by atoms with Crippen molar-refractivity contribution in [1.29, 1.82) is 5.26 Å². The van der Waals surface area contributed by atoms with Crippen LogP contribution in [0.5, 0.6) is 5.88 Å². The lowest BCUT2D eigenvalue weighted by molar-refractivity contribution is 0.0501. The van der Waals surface area contributed by atoms with Gasteiger partial charge in [0.25, 0.3) is 0 Å². The number of hydrogen-bond acceptors (Lipinski definition) is 8. The second kappa shape index (κ2) is 11.6. The highest BCUT2D eigenvalue weighted by atomic mass is 19.1. The molecule has 2 aromatic heterocycles. The molecule has 0 aliphatic carbocycles. The van der Waals surface area contributed by atoms with E-state index in [4.69, 9.17) is 9.47 Å². The molecule has 2 aromatic rings. The first-order chi connectivity index (χ1) is 16.3. The fourth-order valence-corrected chi connectivity index (χ4v) is 3.22. The van der Waals surface area contributed by atoms with Gasteiger partial charge in [-0.05, 0) is 46.1 Å². The average molecular weight is 491 g/mol. The maximum Gasteiger partial charge on any atom is 0.407 e. The SMILES string of the molecule is COc1ncc(Nc2nc(N[C@H](CC(C)C)[C@H](C)NC(=O)OC(C)(C)C)c(F)cc2C#N)cc1F. The number of methoxy groups -OCH3 is 1. The Morgan fingerprint density at radius 1 is 1.17 bits per heavy atom. The minimum Gasteiger partial charge on any atom is -0.479 e. The summed E-state index contributed by atoms with van der Waals surface area (Å²) in [5.41, 5.74) is -0.546. The zero-order chi connectivity index (χ0) is 26.3. The summed E-state index contributed by atoms with van der Waals surface area (Å²) in [6.07, 6.45) is 1.29. The largest absolute Gasteiger partial charge is 0.479 e. The average Bonchev–Trinajstić information content (AvgIpc) is 2.73. The third kappa shape index (κ3) is 8.24. The van der Waals surface area contributed by atoms with Crippen LogP contribution in [0.4, 0.5) is 30.9 Å². The molecule has 9 nitrogen and oxygen atoms in total. The zero-order valence-electron chi connectivity index (χ0n) is 21.0. The first kappa shape index (κ1) is 27.6. The van der Waals surface area contributed by atoms with Crippen molar-refractivity contribution < 1.29 is 23.0 Å². The van der Waals surface area contributed by atoms with Crippen molar-refractivity contribution in [3.8, 4) is 11.9 Å². The van der Waals surface area contributed by atoms with Crippen LogP contribution in [0.15, 0.2) is 18.3 Å². The van der Waals surface area contributed by atoms with Crippen molar-refractivity contribution in [2.45, 2.75) is 65.6 Å². The highest BCUT2D eigenvalue weighted by Crippen LogP contribution is 2.26. The lowest BCUT2D eigenvalue weighted by Crippen LogP contribution is -2.47. The summed E-state index contributed by atoms with van der Waals surface area (Å²) >= 11 is 0. The van der Waals surface area contributed by atoms with Crippen LogP contribution >= 0.6 is 0 Å². The lowest BCUT2D eigenvalue weighted by atomic mass is 9.98. The molecule has 0 spiro atoms. The van der Waals surface area contributed by atoms with Crippen molar-refractivity contribution >= 4 is 23.4 Å². The minimum absolute atomic E-state index is 0.0128. The number of halogens is 2. The van der Waals surface area contributed by atoms with Gasteiger partial charge in [0.15, 0.2) is 23.3 Å². The zero-order valence-corrected chi connectivity index (χ0v) is 21.0. The third-order valence-electron chi connectivity index (χ3n) is 4.76. The highest BCUT2D eigenvalue weighted by Gasteiger charge is 2.25.